The van der Waals surface area contributed by atoms with Crippen LogP contribution in [0.1, 0.15) is 29.5 Å². The molecule has 2 aliphatic heterocycles. The van der Waals surface area contributed by atoms with Crippen LogP contribution in [-0.4, -0.2) is 37.6 Å². The molecule has 0 atom stereocenters. The minimum atomic E-state index is -0.231. The van der Waals surface area contributed by atoms with Gasteiger partial charge >= 0.3 is 0 Å². The third-order valence-corrected chi connectivity index (χ3v) is 7.57. The van der Waals surface area contributed by atoms with E-state index in [0.29, 0.717) is 31.3 Å². The molecule has 1 aromatic carbocycles. The number of halogens is 1. The van der Waals surface area contributed by atoms with Gasteiger partial charge in [-0.3, -0.25) is 18.9 Å². The Hall–Kier alpha value is -2.68. The number of nitrogens with zero attached hydrogens (tertiary/aromatic N) is 4. The third kappa shape index (κ3) is 4.18. The average Bonchev–Trinajstić information content (AvgIpc) is 3.42. The second kappa shape index (κ2) is 8.93. The lowest BCUT2D eigenvalue weighted by atomic mass is 10.2. The summed E-state index contributed by atoms with van der Waals surface area (Å²) in [4.78, 5) is 35.6. The van der Waals surface area contributed by atoms with Crippen LogP contribution in [0.15, 0.2) is 52.3 Å². The van der Waals surface area contributed by atoms with Crippen molar-refractivity contribution in [2.75, 3.05) is 18.0 Å². The Kier molecular flexibility index (Phi) is 5.99. The van der Waals surface area contributed by atoms with Crippen LogP contribution in [0.25, 0.3) is 11.7 Å². The summed E-state index contributed by atoms with van der Waals surface area (Å²) in [5.74, 6) is 0.392. The minimum Gasteiger partial charge on any atom is -0.356 e. The number of anilines is 1. The summed E-state index contributed by atoms with van der Waals surface area (Å²) in [6.07, 6.45) is 5.53. The monoisotopic (exact) mass is 496 g/mol. The molecule has 9 heteroatoms. The second-order valence-corrected chi connectivity index (χ2v) is 10.2. The maximum atomic E-state index is 13.5. The van der Waals surface area contributed by atoms with Crippen molar-refractivity contribution in [2.24, 2.45) is 0 Å². The highest BCUT2D eigenvalue weighted by Crippen LogP contribution is 2.35. The van der Waals surface area contributed by atoms with Gasteiger partial charge in [0.05, 0.1) is 17.0 Å². The molecule has 0 spiro atoms. The fourth-order valence-corrected chi connectivity index (χ4v) is 5.54. The van der Waals surface area contributed by atoms with Crippen molar-refractivity contribution in [1.82, 2.24) is 14.3 Å². The van der Waals surface area contributed by atoms with Crippen molar-refractivity contribution in [3.05, 3.63) is 79.6 Å². The number of thiocarbonyl (C=S) groups is 1. The molecule has 0 unspecified atom stereocenters. The highest BCUT2D eigenvalue weighted by atomic mass is 35.5. The van der Waals surface area contributed by atoms with Gasteiger partial charge in [-0.15, -0.1) is 0 Å². The van der Waals surface area contributed by atoms with Gasteiger partial charge in [-0.25, -0.2) is 4.98 Å². The number of hydrogen-bond donors (Lipinski definition) is 0. The predicted octanol–water partition coefficient (Wildman–Crippen LogP) is 4.66. The standard InChI is InChI=1S/C24H21ClN4O2S2/c1-15-8-9-20-26-21(27-10-4-5-11-27)17(22(30)28(20)13-15)12-19-23(31)29(24(32)33-19)14-16-6-2-3-7-18(16)25/h2-3,6-9,12-13H,4-5,10-11,14H2,1H3. The Morgan fingerprint density at radius 3 is 2.67 bits per heavy atom. The van der Waals surface area contributed by atoms with Crippen LogP contribution in [0.5, 0.6) is 0 Å². The molecule has 0 radical (unpaired) electrons. The van der Waals surface area contributed by atoms with Crippen molar-refractivity contribution in [3.63, 3.8) is 0 Å². The number of benzene rings is 1. The highest BCUT2D eigenvalue weighted by Gasteiger charge is 2.33. The van der Waals surface area contributed by atoms with E-state index >= 15 is 0 Å². The first-order valence-electron chi connectivity index (χ1n) is 10.7. The summed E-state index contributed by atoms with van der Waals surface area (Å²) < 4.78 is 1.99. The number of carbonyl (C=O) groups excluding carboxylic acids is 1. The Morgan fingerprint density at radius 2 is 1.91 bits per heavy atom. The lowest BCUT2D eigenvalue weighted by Gasteiger charge is -2.19. The number of aryl methyl sites for hydroxylation is 1. The number of rotatable bonds is 4. The molecule has 2 saturated heterocycles. The van der Waals surface area contributed by atoms with Crippen LogP contribution in [0.4, 0.5) is 5.82 Å². The summed E-state index contributed by atoms with van der Waals surface area (Å²) >= 11 is 13.0. The largest absolute Gasteiger partial charge is 0.356 e. The number of amides is 1. The molecule has 2 fully saturated rings. The minimum absolute atomic E-state index is 0.193. The normalized spacial score (nSPS) is 17.7. The topological polar surface area (TPSA) is 57.9 Å². The van der Waals surface area contributed by atoms with Gasteiger partial charge in [0.15, 0.2) is 0 Å². The smallest absolute Gasteiger partial charge is 0.267 e. The number of pyridine rings is 1. The molecule has 4 heterocycles. The Morgan fingerprint density at radius 1 is 1.15 bits per heavy atom. The average molecular weight is 497 g/mol. The molecule has 0 N–H and O–H groups in total. The zero-order valence-corrected chi connectivity index (χ0v) is 20.3. The molecule has 2 aliphatic rings. The van der Waals surface area contributed by atoms with Crippen LogP contribution < -0.4 is 10.5 Å². The van der Waals surface area contributed by atoms with Crippen LogP contribution in [0.3, 0.4) is 0 Å². The Balaban J connectivity index is 1.58. The van der Waals surface area contributed by atoms with Crippen molar-refractivity contribution in [1.29, 1.82) is 0 Å². The molecule has 168 valence electrons. The van der Waals surface area contributed by atoms with Gasteiger partial charge in [0, 0.05) is 24.3 Å². The van der Waals surface area contributed by atoms with Crippen LogP contribution in [0.2, 0.25) is 5.02 Å². The predicted molar refractivity (Wildman–Crippen MR) is 138 cm³/mol. The molecule has 33 heavy (non-hydrogen) atoms. The van der Waals surface area contributed by atoms with Crippen LogP contribution >= 0.6 is 35.6 Å². The molecular formula is C24H21ClN4O2S2. The summed E-state index contributed by atoms with van der Waals surface area (Å²) in [6, 6.07) is 11.2. The summed E-state index contributed by atoms with van der Waals surface area (Å²) in [5.41, 5.74) is 2.59. The van der Waals surface area contributed by atoms with Gasteiger partial charge in [-0.05, 0) is 49.1 Å². The van der Waals surface area contributed by atoms with E-state index in [2.05, 4.69) is 4.90 Å². The molecular weight excluding hydrogens is 476 g/mol. The van der Waals surface area contributed by atoms with E-state index in [1.807, 2.05) is 37.3 Å². The first-order chi connectivity index (χ1) is 15.9. The summed E-state index contributed by atoms with van der Waals surface area (Å²) in [5, 5.41) is 0.583. The van der Waals surface area contributed by atoms with E-state index in [1.165, 1.54) is 16.7 Å². The first-order valence-corrected chi connectivity index (χ1v) is 12.3. The molecule has 6 nitrogen and oxygen atoms in total. The number of thioether (sulfide) groups is 1. The van der Waals surface area contributed by atoms with Gasteiger partial charge < -0.3 is 4.90 Å². The van der Waals surface area contributed by atoms with Crippen molar-refractivity contribution in [3.8, 4) is 0 Å². The number of aromatic nitrogens is 2. The van der Waals surface area contributed by atoms with E-state index in [-0.39, 0.29) is 18.0 Å². The molecule has 2 aromatic heterocycles. The van der Waals surface area contributed by atoms with Crippen molar-refractivity contribution >= 4 is 63.3 Å². The molecule has 0 aliphatic carbocycles. The molecule has 0 saturated carbocycles. The quantitative estimate of drug-likeness (QED) is 0.387. The van der Waals surface area contributed by atoms with E-state index in [1.54, 1.807) is 22.7 Å². The van der Waals surface area contributed by atoms with Crippen molar-refractivity contribution < 1.29 is 4.79 Å². The lowest BCUT2D eigenvalue weighted by molar-refractivity contribution is -0.122. The van der Waals surface area contributed by atoms with Gasteiger partial charge in [0.2, 0.25) is 0 Å². The van der Waals surface area contributed by atoms with Crippen molar-refractivity contribution in [2.45, 2.75) is 26.3 Å². The molecule has 5 rings (SSSR count). The van der Waals surface area contributed by atoms with Gasteiger partial charge in [0.1, 0.15) is 15.8 Å². The number of fused-ring (bicyclic) bond motifs is 1. The first kappa shape index (κ1) is 22.1. The summed E-state index contributed by atoms with van der Waals surface area (Å²) in [7, 11) is 0. The fraction of sp³-hybridized carbons (Fsp3) is 0.250. The zero-order chi connectivity index (χ0) is 23.1. The van der Waals surface area contributed by atoms with Crippen LogP contribution in [0, 0.1) is 6.92 Å². The highest BCUT2D eigenvalue weighted by molar-refractivity contribution is 8.26. The fourth-order valence-electron chi connectivity index (χ4n) is 4.11. The number of carbonyl (C=O) groups is 1. The van der Waals surface area contributed by atoms with Gasteiger partial charge in [-0.1, -0.05) is 59.8 Å². The van der Waals surface area contributed by atoms with E-state index in [4.69, 9.17) is 28.8 Å². The maximum Gasteiger partial charge on any atom is 0.267 e. The second-order valence-electron chi connectivity index (χ2n) is 8.14. The Bertz CT molecular complexity index is 1380. The van der Waals surface area contributed by atoms with Gasteiger partial charge in [0.25, 0.3) is 11.5 Å². The Labute approximate surface area is 205 Å². The van der Waals surface area contributed by atoms with E-state index in [0.717, 1.165) is 37.1 Å². The molecule has 1 amide bonds. The molecule has 0 bridgehead atoms. The van der Waals surface area contributed by atoms with E-state index < -0.39 is 0 Å². The molecule has 3 aromatic rings. The summed E-state index contributed by atoms with van der Waals surface area (Å²) in [6.45, 7) is 3.89. The van der Waals surface area contributed by atoms with Gasteiger partial charge in [-0.2, -0.15) is 0 Å². The van der Waals surface area contributed by atoms with Crippen LogP contribution in [-0.2, 0) is 11.3 Å². The zero-order valence-electron chi connectivity index (χ0n) is 18.0. The third-order valence-electron chi connectivity index (χ3n) is 5.83. The SMILES string of the molecule is Cc1ccc2nc(N3CCCC3)c(C=C3SC(=S)N(Cc4ccccc4Cl)C3=O)c(=O)n2c1. The number of hydrogen-bond acceptors (Lipinski definition) is 6. The van der Waals surface area contributed by atoms with E-state index in [9.17, 15) is 9.59 Å². The lowest BCUT2D eigenvalue weighted by Crippen LogP contribution is -2.28. The maximum absolute atomic E-state index is 13.5.